The summed E-state index contributed by atoms with van der Waals surface area (Å²) in [5.41, 5.74) is 0.497. The minimum Gasteiger partial charge on any atom is -0.392 e. The second kappa shape index (κ2) is 7.81. The van der Waals surface area contributed by atoms with Gasteiger partial charge in [-0.3, -0.25) is 0 Å². The van der Waals surface area contributed by atoms with Crippen LogP contribution >= 0.6 is 11.6 Å². The molecule has 0 fully saturated rings. The van der Waals surface area contributed by atoms with Crippen LogP contribution in [0.4, 0.5) is 0 Å². The van der Waals surface area contributed by atoms with Crippen LogP contribution in [0.1, 0.15) is 18.9 Å². The maximum atomic E-state index is 11.9. The summed E-state index contributed by atoms with van der Waals surface area (Å²) in [6.07, 6.45) is 0.607. The van der Waals surface area contributed by atoms with Gasteiger partial charge in [0.05, 0.1) is 11.5 Å². The van der Waals surface area contributed by atoms with E-state index in [1.54, 1.807) is 0 Å². The van der Waals surface area contributed by atoms with Crippen molar-refractivity contribution in [2.24, 2.45) is 0 Å². The fourth-order valence-corrected chi connectivity index (χ4v) is 2.84. The van der Waals surface area contributed by atoms with Gasteiger partial charge < -0.3 is 9.84 Å². The van der Waals surface area contributed by atoms with Crippen LogP contribution in [0.2, 0.25) is 5.02 Å². The van der Waals surface area contributed by atoms with Gasteiger partial charge in [0.15, 0.2) is 0 Å². The molecule has 0 spiro atoms. The van der Waals surface area contributed by atoms with Crippen molar-refractivity contribution in [3.05, 3.63) is 28.8 Å². The molecule has 0 heterocycles. The van der Waals surface area contributed by atoms with Crippen LogP contribution in [0, 0.1) is 0 Å². The van der Waals surface area contributed by atoms with Crippen LogP contribution < -0.4 is 4.72 Å². The molecule has 0 aliphatic carbocycles. The highest BCUT2D eigenvalue weighted by molar-refractivity contribution is 7.89. The predicted octanol–water partition coefficient (Wildman–Crippen LogP) is 1.54. The molecule has 0 aromatic heterocycles. The standard InChI is InChI=1S/C12H18ClNO4S/c1-2-18-7-3-6-14-19(16,17)11-5-4-10(9-15)12(13)8-11/h4-5,8,14-15H,2-3,6-7,9H2,1H3. The molecule has 0 saturated heterocycles. The van der Waals surface area contributed by atoms with Crippen molar-refractivity contribution in [1.82, 2.24) is 4.72 Å². The SMILES string of the molecule is CCOCCCNS(=O)(=O)c1ccc(CO)c(Cl)c1. The zero-order valence-electron chi connectivity index (χ0n) is 10.7. The van der Waals surface area contributed by atoms with Crippen molar-refractivity contribution >= 4 is 21.6 Å². The molecular formula is C12H18ClNO4S. The van der Waals surface area contributed by atoms with E-state index in [9.17, 15) is 8.42 Å². The third-order valence-electron chi connectivity index (χ3n) is 2.47. The van der Waals surface area contributed by atoms with Crippen LogP contribution in [0.5, 0.6) is 0 Å². The quantitative estimate of drug-likeness (QED) is 0.714. The van der Waals surface area contributed by atoms with Crippen LogP contribution in [-0.2, 0) is 21.4 Å². The second-order valence-electron chi connectivity index (χ2n) is 3.86. The molecule has 0 bridgehead atoms. The van der Waals surface area contributed by atoms with E-state index in [2.05, 4.69) is 4.72 Å². The first kappa shape index (κ1) is 16.4. The number of nitrogens with one attached hydrogen (secondary N) is 1. The first-order valence-corrected chi connectivity index (χ1v) is 7.84. The van der Waals surface area contributed by atoms with Gasteiger partial charge in [-0.15, -0.1) is 0 Å². The van der Waals surface area contributed by atoms with Crippen LogP contribution in [0.15, 0.2) is 23.1 Å². The predicted molar refractivity (Wildman–Crippen MR) is 73.7 cm³/mol. The number of hydrogen-bond acceptors (Lipinski definition) is 4. The lowest BCUT2D eigenvalue weighted by atomic mass is 10.2. The maximum Gasteiger partial charge on any atom is 0.240 e. The molecular weight excluding hydrogens is 290 g/mol. The molecule has 19 heavy (non-hydrogen) atoms. The summed E-state index contributed by atoms with van der Waals surface area (Å²) in [5.74, 6) is 0. The van der Waals surface area contributed by atoms with Gasteiger partial charge in [-0.25, -0.2) is 13.1 Å². The molecule has 2 N–H and O–H groups in total. The van der Waals surface area contributed by atoms with E-state index in [-0.39, 0.29) is 16.5 Å². The van der Waals surface area contributed by atoms with E-state index < -0.39 is 10.0 Å². The Morgan fingerprint density at radius 1 is 1.42 bits per heavy atom. The van der Waals surface area contributed by atoms with Crippen molar-refractivity contribution in [2.75, 3.05) is 19.8 Å². The molecule has 0 aliphatic heterocycles. The smallest absolute Gasteiger partial charge is 0.240 e. The average molecular weight is 308 g/mol. The highest BCUT2D eigenvalue weighted by Gasteiger charge is 2.14. The summed E-state index contributed by atoms with van der Waals surface area (Å²) in [7, 11) is -3.57. The molecule has 7 heteroatoms. The molecule has 0 atom stereocenters. The summed E-state index contributed by atoms with van der Waals surface area (Å²) < 4.78 is 31.5. The van der Waals surface area contributed by atoms with E-state index in [1.807, 2.05) is 6.92 Å². The Labute approximate surface area is 118 Å². The summed E-state index contributed by atoms with van der Waals surface area (Å²) >= 11 is 5.87. The van der Waals surface area contributed by atoms with E-state index in [1.165, 1.54) is 18.2 Å². The molecule has 0 saturated carbocycles. The Morgan fingerprint density at radius 2 is 2.16 bits per heavy atom. The van der Waals surface area contributed by atoms with Gasteiger partial charge in [-0.05, 0) is 31.0 Å². The van der Waals surface area contributed by atoms with Crippen LogP contribution in [-0.4, -0.2) is 33.3 Å². The molecule has 0 unspecified atom stereocenters. The number of ether oxygens (including phenoxy) is 1. The zero-order valence-corrected chi connectivity index (χ0v) is 12.3. The summed E-state index contributed by atoms with van der Waals surface area (Å²) in [5, 5.41) is 9.21. The number of hydrogen-bond donors (Lipinski definition) is 2. The molecule has 1 aromatic carbocycles. The third kappa shape index (κ3) is 5.08. The van der Waals surface area contributed by atoms with Gasteiger partial charge in [0, 0.05) is 24.8 Å². The highest BCUT2D eigenvalue weighted by Crippen LogP contribution is 2.20. The molecule has 1 rings (SSSR count). The second-order valence-corrected chi connectivity index (χ2v) is 6.03. The van der Waals surface area contributed by atoms with Gasteiger partial charge in [0.25, 0.3) is 0 Å². The number of sulfonamides is 1. The van der Waals surface area contributed by atoms with Crippen LogP contribution in [0.3, 0.4) is 0 Å². The fraction of sp³-hybridized carbons (Fsp3) is 0.500. The van der Waals surface area contributed by atoms with Gasteiger partial charge in [0.2, 0.25) is 10.0 Å². The summed E-state index contributed by atoms with van der Waals surface area (Å²) in [6, 6.07) is 4.25. The Balaban J connectivity index is 2.64. The van der Waals surface area contributed by atoms with Gasteiger partial charge >= 0.3 is 0 Å². The van der Waals surface area contributed by atoms with Crippen LogP contribution in [0.25, 0.3) is 0 Å². The van der Waals surface area contributed by atoms with Gasteiger partial charge in [-0.2, -0.15) is 0 Å². The topological polar surface area (TPSA) is 75.6 Å². The summed E-state index contributed by atoms with van der Waals surface area (Å²) in [4.78, 5) is 0.0890. The Hall–Kier alpha value is -0.660. The number of aliphatic hydroxyl groups excluding tert-OH is 1. The van der Waals surface area contributed by atoms with E-state index in [0.29, 0.717) is 31.7 Å². The molecule has 1 aromatic rings. The lowest BCUT2D eigenvalue weighted by Crippen LogP contribution is -2.25. The largest absolute Gasteiger partial charge is 0.392 e. The lowest BCUT2D eigenvalue weighted by molar-refractivity contribution is 0.146. The molecule has 108 valence electrons. The van der Waals surface area contributed by atoms with Crippen molar-refractivity contribution in [3.63, 3.8) is 0 Å². The minimum absolute atomic E-state index is 0.0890. The minimum atomic E-state index is -3.57. The van der Waals surface area contributed by atoms with Crippen molar-refractivity contribution < 1.29 is 18.3 Å². The van der Waals surface area contributed by atoms with E-state index in [0.717, 1.165) is 0 Å². The molecule has 0 amide bonds. The van der Waals surface area contributed by atoms with E-state index in [4.69, 9.17) is 21.4 Å². The van der Waals surface area contributed by atoms with E-state index >= 15 is 0 Å². The summed E-state index contributed by atoms with van der Waals surface area (Å²) in [6.45, 7) is 3.10. The third-order valence-corrected chi connectivity index (χ3v) is 4.28. The highest BCUT2D eigenvalue weighted by atomic mass is 35.5. The Bertz CT molecular complexity index is 504. The maximum absolute atomic E-state index is 11.9. The number of aliphatic hydroxyl groups is 1. The molecule has 5 nitrogen and oxygen atoms in total. The lowest BCUT2D eigenvalue weighted by Gasteiger charge is -2.08. The first-order valence-electron chi connectivity index (χ1n) is 5.98. The number of halogens is 1. The Kier molecular flexibility index (Phi) is 6.74. The van der Waals surface area contributed by atoms with Gasteiger partial charge in [0.1, 0.15) is 0 Å². The monoisotopic (exact) mass is 307 g/mol. The Morgan fingerprint density at radius 3 is 2.74 bits per heavy atom. The normalized spacial score (nSPS) is 11.7. The molecule has 0 aliphatic rings. The number of benzene rings is 1. The fourth-order valence-electron chi connectivity index (χ4n) is 1.43. The van der Waals surface area contributed by atoms with Gasteiger partial charge in [-0.1, -0.05) is 17.7 Å². The van der Waals surface area contributed by atoms with Crippen molar-refractivity contribution in [1.29, 1.82) is 0 Å². The van der Waals surface area contributed by atoms with Crippen molar-refractivity contribution in [2.45, 2.75) is 24.8 Å². The first-order chi connectivity index (χ1) is 9.01. The zero-order chi connectivity index (χ0) is 14.3. The number of rotatable bonds is 8. The average Bonchev–Trinajstić information content (AvgIpc) is 2.38. The molecule has 0 radical (unpaired) electrons. The van der Waals surface area contributed by atoms with Crippen molar-refractivity contribution in [3.8, 4) is 0 Å².